The van der Waals surface area contributed by atoms with E-state index < -0.39 is 11.7 Å². The van der Waals surface area contributed by atoms with Crippen LogP contribution in [0.2, 0.25) is 0 Å². The van der Waals surface area contributed by atoms with Crippen LogP contribution in [0.25, 0.3) is 0 Å². The fourth-order valence-corrected chi connectivity index (χ4v) is 2.59. The van der Waals surface area contributed by atoms with Gasteiger partial charge >= 0.3 is 6.18 Å². The smallest absolute Gasteiger partial charge is 0.419 e. The summed E-state index contributed by atoms with van der Waals surface area (Å²) < 4.78 is 44.0. The lowest BCUT2D eigenvalue weighted by molar-refractivity contribution is -0.138. The second kappa shape index (κ2) is 4.87. The van der Waals surface area contributed by atoms with Crippen LogP contribution >= 0.6 is 0 Å². The van der Waals surface area contributed by atoms with Gasteiger partial charge in [-0.05, 0) is 42.4 Å². The monoisotopic (exact) mass is 272 g/mol. The first kappa shape index (κ1) is 13.9. The van der Waals surface area contributed by atoms with E-state index in [1.54, 1.807) is 0 Å². The van der Waals surface area contributed by atoms with E-state index in [1.807, 2.05) is 6.92 Å². The molecular formula is C14H15F3O2. The number of hydrogen-bond donors (Lipinski definition) is 0. The maximum atomic E-state index is 13.0. The van der Waals surface area contributed by atoms with Crippen molar-refractivity contribution in [1.29, 1.82) is 0 Å². The van der Waals surface area contributed by atoms with Crippen LogP contribution in [0.1, 0.15) is 47.2 Å². The van der Waals surface area contributed by atoms with Crippen molar-refractivity contribution in [3.63, 3.8) is 0 Å². The van der Waals surface area contributed by atoms with Gasteiger partial charge in [-0.3, -0.25) is 4.79 Å². The number of carbonyl (C=O) groups is 1. The second-order valence-electron chi connectivity index (χ2n) is 4.97. The molecular weight excluding hydrogens is 257 g/mol. The van der Waals surface area contributed by atoms with Gasteiger partial charge in [-0.15, -0.1) is 0 Å². The molecule has 2 nitrogen and oxygen atoms in total. The van der Waals surface area contributed by atoms with Gasteiger partial charge in [0.15, 0.2) is 0 Å². The number of methoxy groups -OCH3 is 1. The number of alkyl halides is 3. The van der Waals surface area contributed by atoms with Gasteiger partial charge in [0.25, 0.3) is 0 Å². The maximum Gasteiger partial charge on any atom is 0.419 e. The lowest BCUT2D eigenvalue weighted by Crippen LogP contribution is -2.22. The predicted octanol–water partition coefficient (Wildman–Crippen LogP) is 4.04. The molecule has 1 aromatic carbocycles. The Morgan fingerprint density at radius 1 is 1.32 bits per heavy atom. The van der Waals surface area contributed by atoms with Gasteiger partial charge in [0.2, 0.25) is 0 Å². The molecule has 1 aromatic rings. The van der Waals surface area contributed by atoms with Crippen molar-refractivity contribution in [3.8, 4) is 5.75 Å². The number of hydrogen-bond acceptors (Lipinski definition) is 2. The van der Waals surface area contributed by atoms with E-state index in [4.69, 9.17) is 4.74 Å². The lowest BCUT2D eigenvalue weighted by Gasteiger charge is -2.35. The summed E-state index contributed by atoms with van der Waals surface area (Å²) in [5.41, 5.74) is -0.325. The molecule has 0 radical (unpaired) electrons. The Bertz CT molecular complexity index is 494. The quantitative estimate of drug-likeness (QED) is 0.776. The molecule has 1 aliphatic rings. The van der Waals surface area contributed by atoms with Crippen molar-refractivity contribution in [2.75, 3.05) is 7.11 Å². The summed E-state index contributed by atoms with van der Waals surface area (Å²) >= 11 is 0. The molecule has 19 heavy (non-hydrogen) atoms. The molecule has 0 aliphatic heterocycles. The number of ether oxygens (including phenoxy) is 1. The average Bonchev–Trinajstić information content (AvgIpc) is 2.34. The molecule has 104 valence electrons. The molecule has 0 N–H and O–H groups in total. The van der Waals surface area contributed by atoms with Crippen LogP contribution in [0.3, 0.4) is 0 Å². The molecule has 1 fully saturated rings. The van der Waals surface area contributed by atoms with E-state index in [9.17, 15) is 18.0 Å². The summed E-state index contributed by atoms with van der Waals surface area (Å²) in [6.07, 6.45) is -2.26. The first-order valence-electron chi connectivity index (χ1n) is 6.12. The fourth-order valence-electron chi connectivity index (χ4n) is 2.59. The van der Waals surface area contributed by atoms with Crippen molar-refractivity contribution in [2.45, 2.75) is 31.9 Å². The van der Waals surface area contributed by atoms with Crippen LogP contribution < -0.4 is 4.74 Å². The predicted molar refractivity (Wildman–Crippen MR) is 64.5 cm³/mol. The number of halogens is 3. The van der Waals surface area contributed by atoms with E-state index in [0.717, 1.165) is 18.9 Å². The maximum absolute atomic E-state index is 13.0. The highest BCUT2D eigenvalue weighted by atomic mass is 19.4. The molecule has 0 spiro atoms. The molecule has 2 unspecified atom stereocenters. The summed E-state index contributed by atoms with van der Waals surface area (Å²) in [6, 6.07) is 2.36. The minimum Gasteiger partial charge on any atom is -0.496 e. The minimum atomic E-state index is -4.52. The summed E-state index contributed by atoms with van der Waals surface area (Å²) in [6.45, 7) is 1.99. The number of aldehydes is 1. The molecule has 1 aliphatic carbocycles. The van der Waals surface area contributed by atoms with Crippen LogP contribution in [-0.4, -0.2) is 13.4 Å². The first-order valence-corrected chi connectivity index (χ1v) is 6.12. The molecule has 0 aromatic heterocycles. The highest BCUT2D eigenvalue weighted by Gasteiger charge is 2.39. The van der Waals surface area contributed by atoms with E-state index in [2.05, 4.69) is 0 Å². The van der Waals surface area contributed by atoms with Gasteiger partial charge < -0.3 is 4.74 Å². The van der Waals surface area contributed by atoms with Gasteiger partial charge in [-0.1, -0.05) is 6.92 Å². The lowest BCUT2D eigenvalue weighted by atomic mass is 9.70. The largest absolute Gasteiger partial charge is 0.496 e. The Morgan fingerprint density at radius 3 is 2.37 bits per heavy atom. The average molecular weight is 272 g/mol. The van der Waals surface area contributed by atoms with Gasteiger partial charge in [0.05, 0.1) is 12.7 Å². The van der Waals surface area contributed by atoms with Crippen LogP contribution in [0, 0.1) is 5.92 Å². The Balaban J connectivity index is 2.60. The standard InChI is InChI=1S/C14H15F3O2/c1-8-3-4-10(8)11-5-9(7-18)6-12(13(11)19-2)14(15,16)17/h5-8,10H,3-4H2,1-2H3. The summed E-state index contributed by atoms with van der Waals surface area (Å²) in [5, 5.41) is 0. The Hall–Kier alpha value is -1.52. The summed E-state index contributed by atoms with van der Waals surface area (Å²) in [5.74, 6) is 0.211. The van der Waals surface area contributed by atoms with Crippen LogP contribution in [-0.2, 0) is 6.18 Å². The highest BCUT2D eigenvalue weighted by Crippen LogP contribution is 2.49. The number of carbonyl (C=O) groups excluding carboxylic acids is 1. The van der Waals surface area contributed by atoms with E-state index >= 15 is 0 Å². The second-order valence-corrected chi connectivity index (χ2v) is 4.97. The van der Waals surface area contributed by atoms with Gasteiger partial charge in [-0.2, -0.15) is 13.2 Å². The Labute approximate surface area is 109 Å². The van der Waals surface area contributed by atoms with E-state index in [1.165, 1.54) is 13.2 Å². The third kappa shape index (κ3) is 2.46. The zero-order valence-electron chi connectivity index (χ0n) is 10.8. The minimum absolute atomic E-state index is 0.0379. The molecule has 0 saturated heterocycles. The van der Waals surface area contributed by atoms with Crippen LogP contribution in [0.15, 0.2) is 12.1 Å². The Morgan fingerprint density at radius 2 is 2.00 bits per heavy atom. The normalized spacial score (nSPS) is 22.8. The third-order valence-corrected chi connectivity index (χ3v) is 3.80. The van der Waals surface area contributed by atoms with Crippen molar-refractivity contribution in [3.05, 3.63) is 28.8 Å². The highest BCUT2D eigenvalue weighted by molar-refractivity contribution is 5.77. The van der Waals surface area contributed by atoms with Crippen LogP contribution in [0.4, 0.5) is 13.2 Å². The van der Waals surface area contributed by atoms with Crippen LogP contribution in [0.5, 0.6) is 5.75 Å². The zero-order chi connectivity index (χ0) is 14.2. The fraction of sp³-hybridized carbons (Fsp3) is 0.500. The van der Waals surface area contributed by atoms with Gasteiger partial charge in [0, 0.05) is 5.56 Å². The van der Waals surface area contributed by atoms with Crippen molar-refractivity contribution in [1.82, 2.24) is 0 Å². The van der Waals surface area contributed by atoms with Crippen molar-refractivity contribution in [2.24, 2.45) is 5.92 Å². The van der Waals surface area contributed by atoms with E-state index in [0.29, 0.717) is 17.8 Å². The molecule has 0 heterocycles. The Kier molecular flexibility index (Phi) is 3.56. The topological polar surface area (TPSA) is 26.3 Å². The molecule has 0 bridgehead atoms. The van der Waals surface area contributed by atoms with Crippen molar-refractivity contribution < 1.29 is 22.7 Å². The van der Waals surface area contributed by atoms with Gasteiger partial charge in [0.1, 0.15) is 12.0 Å². The summed E-state index contributed by atoms with van der Waals surface area (Å²) in [7, 11) is 1.23. The molecule has 0 amide bonds. The molecule has 1 saturated carbocycles. The number of rotatable bonds is 3. The first-order chi connectivity index (χ1) is 8.88. The SMILES string of the molecule is COc1c(C2CCC2C)cc(C=O)cc1C(F)(F)F. The van der Waals surface area contributed by atoms with Gasteiger partial charge in [-0.25, -0.2) is 0 Å². The third-order valence-electron chi connectivity index (χ3n) is 3.80. The number of benzene rings is 1. The van der Waals surface area contributed by atoms with E-state index in [-0.39, 0.29) is 17.2 Å². The van der Waals surface area contributed by atoms with Crippen molar-refractivity contribution >= 4 is 6.29 Å². The molecule has 2 rings (SSSR count). The summed E-state index contributed by atoms with van der Waals surface area (Å²) in [4.78, 5) is 10.8. The molecule has 5 heteroatoms. The molecule has 2 atom stereocenters. The zero-order valence-corrected chi connectivity index (χ0v) is 10.8.